The van der Waals surface area contributed by atoms with Gasteiger partial charge in [0.2, 0.25) is 5.91 Å². The minimum Gasteiger partial charge on any atom is -0.378 e. The minimum absolute atomic E-state index is 0.0752. The second-order valence-corrected chi connectivity index (χ2v) is 4.67. The Labute approximate surface area is 111 Å². The lowest BCUT2D eigenvalue weighted by molar-refractivity contribution is -0.120. The van der Waals surface area contributed by atoms with Gasteiger partial charge in [0.05, 0.1) is 18.9 Å². The minimum atomic E-state index is -0.827. The number of rotatable bonds is 2. The third-order valence-corrected chi connectivity index (χ3v) is 3.12. The van der Waals surface area contributed by atoms with E-state index in [1.54, 1.807) is 0 Å². The van der Waals surface area contributed by atoms with Crippen LogP contribution in [0, 0.1) is 11.6 Å². The van der Waals surface area contributed by atoms with Gasteiger partial charge in [-0.15, -0.1) is 0 Å². The van der Waals surface area contributed by atoms with Crippen LogP contribution in [-0.2, 0) is 9.53 Å². The molecule has 1 aromatic rings. The van der Waals surface area contributed by atoms with Crippen LogP contribution in [0.5, 0.6) is 0 Å². The first-order chi connectivity index (χ1) is 8.58. The summed E-state index contributed by atoms with van der Waals surface area (Å²) in [7, 11) is 0. The maximum absolute atomic E-state index is 13.5. The van der Waals surface area contributed by atoms with Gasteiger partial charge in [0.1, 0.15) is 11.9 Å². The van der Waals surface area contributed by atoms with Crippen molar-refractivity contribution < 1.29 is 18.3 Å². The number of anilines is 1. The summed E-state index contributed by atoms with van der Waals surface area (Å²) in [6.45, 7) is 1.33. The summed E-state index contributed by atoms with van der Waals surface area (Å²) < 4.78 is 31.7. The summed E-state index contributed by atoms with van der Waals surface area (Å²) in [5.41, 5.74) is -0.0752. The molecule has 1 aliphatic heterocycles. The molecule has 1 saturated heterocycles. The average Bonchev–Trinajstić information content (AvgIpc) is 2.34. The van der Waals surface area contributed by atoms with Gasteiger partial charge < -0.3 is 15.4 Å². The number of ether oxygens (including phenoxy) is 1. The highest BCUT2D eigenvalue weighted by atomic mass is 79.9. The number of hydrogen-bond donors (Lipinski definition) is 2. The molecule has 0 saturated carbocycles. The monoisotopic (exact) mass is 320 g/mol. The number of hydrogen-bond acceptors (Lipinski definition) is 3. The van der Waals surface area contributed by atoms with E-state index in [-0.39, 0.29) is 16.8 Å². The Morgan fingerprint density at radius 1 is 1.50 bits per heavy atom. The van der Waals surface area contributed by atoms with Gasteiger partial charge >= 0.3 is 0 Å². The van der Waals surface area contributed by atoms with Crippen LogP contribution in [0.2, 0.25) is 0 Å². The van der Waals surface area contributed by atoms with Gasteiger partial charge in [-0.3, -0.25) is 4.79 Å². The van der Waals surface area contributed by atoms with Crippen LogP contribution in [0.3, 0.4) is 0 Å². The Hall–Kier alpha value is -1.05. The number of nitrogens with one attached hydrogen (secondary N) is 2. The van der Waals surface area contributed by atoms with E-state index < -0.39 is 23.6 Å². The van der Waals surface area contributed by atoms with Gasteiger partial charge in [0.15, 0.2) is 5.82 Å². The molecule has 4 nitrogen and oxygen atoms in total. The molecule has 1 aliphatic rings. The molecule has 1 heterocycles. The first-order valence-corrected chi connectivity index (χ1v) is 6.14. The zero-order chi connectivity index (χ0) is 13.1. The number of benzene rings is 1. The molecule has 1 fully saturated rings. The fourth-order valence-corrected chi connectivity index (χ4v) is 2.11. The van der Waals surface area contributed by atoms with E-state index >= 15 is 0 Å². The predicted octanol–water partition coefficient (Wildman–Crippen LogP) is 1.65. The van der Waals surface area contributed by atoms with E-state index in [4.69, 9.17) is 4.74 Å². The number of halogens is 3. The molecule has 2 rings (SSSR count). The van der Waals surface area contributed by atoms with Crippen molar-refractivity contribution in [2.75, 3.05) is 25.1 Å². The fourth-order valence-electron chi connectivity index (χ4n) is 1.61. The third kappa shape index (κ3) is 3.04. The van der Waals surface area contributed by atoms with E-state index in [0.29, 0.717) is 19.2 Å². The Kier molecular flexibility index (Phi) is 4.26. The Bertz CT molecular complexity index is 441. The smallest absolute Gasteiger partial charge is 0.244 e. The maximum Gasteiger partial charge on any atom is 0.244 e. The molecule has 7 heteroatoms. The third-order valence-electron chi connectivity index (χ3n) is 2.49. The lowest BCUT2D eigenvalue weighted by Crippen LogP contribution is -2.49. The van der Waals surface area contributed by atoms with Crippen LogP contribution < -0.4 is 10.6 Å². The normalized spacial score (nSPS) is 19.6. The second-order valence-electron chi connectivity index (χ2n) is 3.82. The highest BCUT2D eigenvalue weighted by molar-refractivity contribution is 9.10. The zero-order valence-corrected chi connectivity index (χ0v) is 10.9. The standard InChI is InChI=1S/C11H11BrF2N2O2/c12-7-3-6(13)4-8(14)10(7)16-11(17)9-5-18-2-1-15-9/h3-4,9,15H,1-2,5H2,(H,16,17). The highest BCUT2D eigenvalue weighted by Gasteiger charge is 2.23. The van der Waals surface area contributed by atoms with E-state index in [0.717, 1.165) is 6.07 Å². The van der Waals surface area contributed by atoms with Gasteiger partial charge in [-0.05, 0) is 22.0 Å². The molecule has 1 aromatic carbocycles. The van der Waals surface area contributed by atoms with Crippen LogP contribution in [0.15, 0.2) is 16.6 Å². The SMILES string of the molecule is O=C(Nc1c(F)cc(F)cc1Br)C1COCCN1. The topological polar surface area (TPSA) is 50.4 Å². The van der Waals surface area contributed by atoms with Crippen molar-refractivity contribution in [2.24, 2.45) is 0 Å². The Morgan fingerprint density at radius 2 is 2.28 bits per heavy atom. The summed E-state index contributed by atoms with van der Waals surface area (Å²) in [4.78, 5) is 11.8. The van der Waals surface area contributed by atoms with Crippen LogP contribution in [0.1, 0.15) is 0 Å². The largest absolute Gasteiger partial charge is 0.378 e. The van der Waals surface area contributed by atoms with Gasteiger partial charge in [0.25, 0.3) is 0 Å². The molecule has 98 valence electrons. The predicted molar refractivity (Wildman–Crippen MR) is 65.3 cm³/mol. The summed E-state index contributed by atoms with van der Waals surface area (Å²) in [6, 6.07) is 1.27. The van der Waals surface area contributed by atoms with Crippen LogP contribution in [0.25, 0.3) is 0 Å². The van der Waals surface area contributed by atoms with Crippen molar-refractivity contribution >= 4 is 27.5 Å². The van der Waals surface area contributed by atoms with Crippen molar-refractivity contribution in [1.82, 2.24) is 5.32 Å². The van der Waals surface area contributed by atoms with Gasteiger partial charge in [0, 0.05) is 17.1 Å². The van der Waals surface area contributed by atoms with E-state index in [9.17, 15) is 13.6 Å². The van der Waals surface area contributed by atoms with Crippen molar-refractivity contribution in [2.45, 2.75) is 6.04 Å². The summed E-state index contributed by atoms with van der Waals surface area (Å²) in [5, 5.41) is 5.35. The summed E-state index contributed by atoms with van der Waals surface area (Å²) >= 11 is 3.00. The number of amides is 1. The highest BCUT2D eigenvalue weighted by Crippen LogP contribution is 2.26. The quantitative estimate of drug-likeness (QED) is 0.871. The number of carbonyl (C=O) groups excluding carboxylic acids is 1. The van der Waals surface area contributed by atoms with Gasteiger partial charge in [-0.2, -0.15) is 0 Å². The lowest BCUT2D eigenvalue weighted by atomic mass is 10.2. The molecular weight excluding hydrogens is 310 g/mol. The molecular formula is C11H11BrF2N2O2. The Morgan fingerprint density at radius 3 is 2.89 bits per heavy atom. The first kappa shape index (κ1) is 13.4. The van der Waals surface area contributed by atoms with Crippen molar-refractivity contribution in [1.29, 1.82) is 0 Å². The number of carbonyl (C=O) groups is 1. The summed E-state index contributed by atoms with van der Waals surface area (Å²) in [5.74, 6) is -1.95. The van der Waals surface area contributed by atoms with E-state index in [2.05, 4.69) is 26.6 Å². The molecule has 2 N–H and O–H groups in total. The van der Waals surface area contributed by atoms with Gasteiger partial charge in [-0.25, -0.2) is 8.78 Å². The van der Waals surface area contributed by atoms with Crippen LogP contribution >= 0.6 is 15.9 Å². The zero-order valence-electron chi connectivity index (χ0n) is 9.30. The molecule has 0 radical (unpaired) electrons. The van der Waals surface area contributed by atoms with Crippen LogP contribution in [-0.4, -0.2) is 31.7 Å². The van der Waals surface area contributed by atoms with E-state index in [1.807, 2.05) is 0 Å². The number of morpholine rings is 1. The van der Waals surface area contributed by atoms with Crippen molar-refractivity contribution in [3.63, 3.8) is 0 Å². The fraction of sp³-hybridized carbons (Fsp3) is 0.364. The molecule has 0 bridgehead atoms. The van der Waals surface area contributed by atoms with Crippen molar-refractivity contribution in [3.8, 4) is 0 Å². The summed E-state index contributed by atoms with van der Waals surface area (Å²) in [6.07, 6.45) is 0. The molecule has 18 heavy (non-hydrogen) atoms. The maximum atomic E-state index is 13.5. The molecule has 1 unspecified atom stereocenters. The van der Waals surface area contributed by atoms with E-state index in [1.165, 1.54) is 0 Å². The van der Waals surface area contributed by atoms with Crippen LogP contribution in [0.4, 0.5) is 14.5 Å². The molecule has 1 amide bonds. The Balaban J connectivity index is 2.11. The van der Waals surface area contributed by atoms with Gasteiger partial charge in [-0.1, -0.05) is 0 Å². The average molecular weight is 321 g/mol. The molecule has 0 aromatic heterocycles. The molecule has 0 aliphatic carbocycles. The van der Waals surface area contributed by atoms with Crippen molar-refractivity contribution in [3.05, 3.63) is 28.2 Å². The molecule has 0 spiro atoms. The second kappa shape index (κ2) is 5.73. The first-order valence-electron chi connectivity index (χ1n) is 5.34. The molecule has 1 atom stereocenters. The lowest BCUT2D eigenvalue weighted by Gasteiger charge is -2.23.